The third kappa shape index (κ3) is 2.92. The first-order valence-corrected chi connectivity index (χ1v) is 8.43. The van der Waals surface area contributed by atoms with E-state index in [0.29, 0.717) is 6.42 Å². The van der Waals surface area contributed by atoms with Crippen LogP contribution in [0.4, 0.5) is 0 Å². The van der Waals surface area contributed by atoms with Gasteiger partial charge in [-0.1, -0.05) is 84.9 Å². The number of benzene rings is 3. The first-order valence-electron chi connectivity index (χ1n) is 8.43. The highest BCUT2D eigenvalue weighted by atomic mass is 16.3. The molecule has 0 bridgehead atoms. The van der Waals surface area contributed by atoms with E-state index in [4.69, 9.17) is 0 Å². The van der Waals surface area contributed by atoms with Gasteiger partial charge in [0.15, 0.2) is 0 Å². The van der Waals surface area contributed by atoms with Gasteiger partial charge in [-0.3, -0.25) is 4.98 Å². The summed E-state index contributed by atoms with van der Waals surface area (Å²) in [6.07, 6.45) is 2.23. The maximum Gasteiger partial charge on any atom is 0.120 e. The predicted molar refractivity (Wildman–Crippen MR) is 101 cm³/mol. The summed E-state index contributed by atoms with van der Waals surface area (Å²) >= 11 is 0. The van der Waals surface area contributed by atoms with E-state index in [-0.39, 0.29) is 0 Å². The molecule has 2 nitrogen and oxygen atoms in total. The van der Waals surface area contributed by atoms with E-state index in [1.54, 1.807) is 0 Å². The number of fused-ring (bicyclic) bond motifs is 1. The molecule has 0 aliphatic carbocycles. The van der Waals surface area contributed by atoms with Crippen molar-refractivity contribution in [1.82, 2.24) is 4.98 Å². The molecule has 0 saturated carbocycles. The summed E-state index contributed by atoms with van der Waals surface area (Å²) in [6.45, 7) is 0. The van der Waals surface area contributed by atoms with E-state index in [9.17, 15) is 5.11 Å². The van der Waals surface area contributed by atoms with Crippen LogP contribution in [-0.4, -0.2) is 10.1 Å². The average molecular weight is 325 g/mol. The molecular formula is C23H19NO. The minimum absolute atomic E-state index is 0.419. The van der Waals surface area contributed by atoms with Crippen LogP contribution in [0.5, 0.6) is 0 Å². The van der Waals surface area contributed by atoms with Gasteiger partial charge < -0.3 is 5.11 Å². The molecule has 25 heavy (non-hydrogen) atoms. The molecule has 0 radical (unpaired) electrons. The lowest BCUT2D eigenvalue weighted by atomic mass is 9.82. The number of hydrogen-bond acceptors (Lipinski definition) is 2. The smallest absolute Gasteiger partial charge is 0.120 e. The molecule has 0 aliphatic rings. The number of aliphatic hydroxyl groups is 1. The molecule has 1 heterocycles. The van der Waals surface area contributed by atoms with Crippen molar-refractivity contribution in [3.8, 4) is 0 Å². The maximum atomic E-state index is 11.7. The maximum absolute atomic E-state index is 11.7. The summed E-state index contributed by atoms with van der Waals surface area (Å²) in [4.78, 5) is 4.58. The summed E-state index contributed by atoms with van der Waals surface area (Å²) in [5.74, 6) is 0. The highest BCUT2D eigenvalue weighted by Gasteiger charge is 2.32. The van der Waals surface area contributed by atoms with Crippen molar-refractivity contribution in [1.29, 1.82) is 0 Å². The van der Waals surface area contributed by atoms with Crippen LogP contribution in [-0.2, 0) is 12.0 Å². The van der Waals surface area contributed by atoms with Crippen molar-refractivity contribution in [2.45, 2.75) is 12.0 Å². The molecule has 1 aromatic heterocycles. The van der Waals surface area contributed by atoms with Crippen molar-refractivity contribution >= 4 is 10.8 Å². The van der Waals surface area contributed by atoms with Crippen LogP contribution >= 0.6 is 0 Å². The van der Waals surface area contributed by atoms with Crippen molar-refractivity contribution in [2.75, 3.05) is 0 Å². The Morgan fingerprint density at radius 1 is 0.680 bits per heavy atom. The summed E-state index contributed by atoms with van der Waals surface area (Å²) in [5.41, 5.74) is 1.51. The summed E-state index contributed by atoms with van der Waals surface area (Å²) in [7, 11) is 0. The van der Waals surface area contributed by atoms with Gasteiger partial charge in [-0.25, -0.2) is 0 Å². The Bertz CT molecular complexity index is 936. The van der Waals surface area contributed by atoms with E-state index in [0.717, 1.165) is 27.6 Å². The molecule has 0 atom stereocenters. The molecule has 0 amide bonds. The standard InChI is InChI=1S/C23H19NO/c25-23(19-10-3-1-4-11-19,20-12-5-2-6-13-20)17-22-21-14-8-7-9-18(21)15-16-24-22/h1-16,25H,17H2. The van der Waals surface area contributed by atoms with Crippen LogP contribution in [0, 0.1) is 0 Å². The van der Waals surface area contributed by atoms with Gasteiger partial charge in [0.05, 0.1) is 5.69 Å². The average Bonchev–Trinajstić information content (AvgIpc) is 2.69. The van der Waals surface area contributed by atoms with E-state index >= 15 is 0 Å². The fourth-order valence-corrected chi connectivity index (χ4v) is 3.36. The zero-order chi connectivity index (χ0) is 17.1. The molecule has 3 aromatic carbocycles. The Morgan fingerprint density at radius 2 is 1.24 bits per heavy atom. The monoisotopic (exact) mass is 325 g/mol. The second-order valence-electron chi connectivity index (χ2n) is 6.25. The third-order valence-electron chi connectivity index (χ3n) is 4.68. The predicted octanol–water partition coefficient (Wildman–Crippen LogP) is 4.71. The van der Waals surface area contributed by atoms with E-state index in [1.807, 2.05) is 85.1 Å². The molecule has 0 spiro atoms. The highest BCUT2D eigenvalue weighted by Crippen LogP contribution is 2.34. The highest BCUT2D eigenvalue weighted by molar-refractivity contribution is 5.84. The lowest BCUT2D eigenvalue weighted by Crippen LogP contribution is -2.30. The Kier molecular flexibility index (Phi) is 4.04. The summed E-state index contributed by atoms with van der Waals surface area (Å²) in [6, 6.07) is 29.8. The van der Waals surface area contributed by atoms with Crippen molar-refractivity contribution in [3.63, 3.8) is 0 Å². The zero-order valence-corrected chi connectivity index (χ0v) is 13.8. The van der Waals surface area contributed by atoms with Gasteiger partial charge in [-0.15, -0.1) is 0 Å². The number of aromatic nitrogens is 1. The van der Waals surface area contributed by atoms with Gasteiger partial charge in [0.2, 0.25) is 0 Å². The van der Waals surface area contributed by atoms with Gasteiger partial charge in [-0.2, -0.15) is 0 Å². The van der Waals surface area contributed by atoms with Crippen molar-refractivity contribution < 1.29 is 5.11 Å². The van der Waals surface area contributed by atoms with Crippen LogP contribution in [0.3, 0.4) is 0 Å². The Balaban J connectivity index is 1.87. The number of hydrogen-bond donors (Lipinski definition) is 1. The molecule has 0 fully saturated rings. The molecule has 4 aromatic rings. The number of pyridine rings is 1. The number of nitrogens with zero attached hydrogens (tertiary/aromatic N) is 1. The lowest BCUT2D eigenvalue weighted by molar-refractivity contribution is 0.0804. The van der Waals surface area contributed by atoms with Gasteiger partial charge in [0.25, 0.3) is 0 Å². The van der Waals surface area contributed by atoms with Crippen molar-refractivity contribution in [2.24, 2.45) is 0 Å². The van der Waals surface area contributed by atoms with E-state index < -0.39 is 5.60 Å². The quantitative estimate of drug-likeness (QED) is 0.589. The van der Waals surface area contributed by atoms with Crippen LogP contribution in [0.2, 0.25) is 0 Å². The van der Waals surface area contributed by atoms with Gasteiger partial charge in [0, 0.05) is 18.0 Å². The minimum atomic E-state index is -1.13. The van der Waals surface area contributed by atoms with Crippen molar-refractivity contribution in [3.05, 3.63) is 114 Å². The second-order valence-corrected chi connectivity index (χ2v) is 6.25. The van der Waals surface area contributed by atoms with E-state index in [1.165, 1.54) is 0 Å². The molecule has 2 heteroatoms. The third-order valence-corrected chi connectivity index (χ3v) is 4.68. The molecular weight excluding hydrogens is 306 g/mol. The van der Waals surface area contributed by atoms with E-state index in [2.05, 4.69) is 17.1 Å². The zero-order valence-electron chi connectivity index (χ0n) is 13.8. The summed E-state index contributed by atoms with van der Waals surface area (Å²) < 4.78 is 0. The first kappa shape index (κ1) is 15.6. The SMILES string of the molecule is OC(Cc1nccc2ccccc12)(c1ccccc1)c1ccccc1. The van der Waals surface area contributed by atoms with Crippen LogP contribution in [0.1, 0.15) is 16.8 Å². The van der Waals surface area contributed by atoms with Gasteiger partial charge in [-0.05, 0) is 22.6 Å². The molecule has 0 saturated heterocycles. The molecule has 1 N–H and O–H groups in total. The summed E-state index contributed by atoms with van der Waals surface area (Å²) in [5, 5.41) is 13.9. The Labute approximate surface area is 147 Å². The Hall–Kier alpha value is -2.97. The molecule has 0 aliphatic heterocycles. The molecule has 4 rings (SSSR count). The lowest BCUT2D eigenvalue weighted by Gasteiger charge is -2.29. The van der Waals surface area contributed by atoms with Crippen LogP contribution in [0.25, 0.3) is 10.8 Å². The first-order chi connectivity index (χ1) is 12.3. The second kappa shape index (κ2) is 6.50. The van der Waals surface area contributed by atoms with Gasteiger partial charge in [0.1, 0.15) is 5.60 Å². The topological polar surface area (TPSA) is 33.1 Å². The fraction of sp³-hybridized carbons (Fsp3) is 0.0870. The number of rotatable bonds is 4. The minimum Gasteiger partial charge on any atom is -0.380 e. The largest absolute Gasteiger partial charge is 0.380 e. The van der Waals surface area contributed by atoms with Gasteiger partial charge >= 0.3 is 0 Å². The van der Waals surface area contributed by atoms with Crippen LogP contribution in [0.15, 0.2) is 97.2 Å². The van der Waals surface area contributed by atoms with Crippen LogP contribution < -0.4 is 0 Å². The molecule has 122 valence electrons. The normalized spacial score (nSPS) is 11.6. The molecule has 0 unspecified atom stereocenters. The fourth-order valence-electron chi connectivity index (χ4n) is 3.36. The Morgan fingerprint density at radius 3 is 1.88 bits per heavy atom.